The van der Waals surface area contributed by atoms with Crippen molar-refractivity contribution >= 4 is 16.0 Å². The Morgan fingerprint density at radius 1 is 1.67 bits per heavy atom. The molecule has 0 aromatic carbocycles. The van der Waals surface area contributed by atoms with Crippen LogP contribution in [0.4, 0.5) is 0 Å². The van der Waals surface area contributed by atoms with Crippen LogP contribution in [0.2, 0.25) is 0 Å². The first kappa shape index (κ1) is 15.2. The average Bonchev–Trinajstić information content (AvgIpc) is 1.80. The molecule has 0 aromatic heterocycles. The van der Waals surface area contributed by atoms with Gasteiger partial charge in [-0.05, 0) is 6.92 Å². The molecule has 0 saturated carbocycles. The normalized spacial score (nSPS) is 9.83. The molecule has 5 nitrogen and oxygen atoms in total. The predicted molar refractivity (Wildman–Crippen MR) is 40.5 cm³/mol. The molecule has 0 bridgehead atoms. The molecule has 12 heavy (non-hydrogen) atoms. The van der Waals surface area contributed by atoms with Crippen LogP contribution in [0.1, 0.15) is 8.35 Å². The number of amides is 1. The first-order valence-electron chi connectivity index (χ1n) is 2.72. The Morgan fingerprint density at radius 3 is 2.33 bits per heavy atom. The van der Waals surface area contributed by atoms with Gasteiger partial charge in [0.15, 0.2) is 0 Å². The molecule has 0 aliphatic rings. The maximum absolute atomic E-state index is 10.6. The minimum Gasteiger partial charge on any atom is -1.00 e. The van der Waals surface area contributed by atoms with Crippen molar-refractivity contribution < 1.29 is 70.6 Å². The van der Waals surface area contributed by atoms with E-state index in [1.54, 1.807) is 0 Å². The molecule has 0 saturated heterocycles. The van der Waals surface area contributed by atoms with Gasteiger partial charge in [-0.1, -0.05) is 6.58 Å². The third kappa shape index (κ3) is 8.85. The smallest absolute Gasteiger partial charge is 1.00 e. The molecular weight excluding hydrogens is 209 g/mol. The van der Waals surface area contributed by atoms with Crippen LogP contribution in [0, 0.1) is 0 Å². The van der Waals surface area contributed by atoms with E-state index in [2.05, 4.69) is 6.58 Å². The second-order valence-corrected chi connectivity index (χ2v) is 3.46. The molecule has 66 valence electrons. The van der Waals surface area contributed by atoms with Gasteiger partial charge in [0.05, 0.1) is 0 Å². The van der Waals surface area contributed by atoms with Crippen LogP contribution in [-0.4, -0.2) is 24.8 Å². The van der Waals surface area contributed by atoms with Crippen LogP contribution in [0.25, 0.3) is 0 Å². The molecule has 0 aromatic rings. The molecule has 0 spiro atoms. The minimum absolute atomic E-state index is 0. The molecule has 0 aliphatic heterocycles. The molecule has 7 heteroatoms. The van der Waals surface area contributed by atoms with Crippen LogP contribution in [0.3, 0.4) is 0 Å². The molecule has 0 heterocycles. The van der Waals surface area contributed by atoms with Crippen molar-refractivity contribution in [3.8, 4) is 0 Å². The number of rotatable bonds is 3. The summed E-state index contributed by atoms with van der Waals surface area (Å²) in [4.78, 5) is 10.6. The van der Waals surface area contributed by atoms with Crippen molar-refractivity contribution in [1.29, 1.82) is 0 Å². The number of carbonyl (C=O) groups is 1. The number of hydrogen-bond donors (Lipinski definition) is 2. The Balaban J connectivity index is -0.000000500. The maximum Gasteiger partial charge on any atom is 1.00 e. The van der Waals surface area contributed by atoms with E-state index in [0.717, 1.165) is 0 Å². The van der Waals surface area contributed by atoms with E-state index >= 15 is 0 Å². The first-order valence-corrected chi connectivity index (χ1v) is 4.32. The maximum atomic E-state index is 10.6. The zero-order chi connectivity index (χ0) is 9.07. The number of hydrogen-bond acceptors (Lipinski definition) is 3. The molecule has 1 amide bonds. The summed E-state index contributed by atoms with van der Waals surface area (Å²) in [5.74, 6) is -1.37. The number of nitrogens with one attached hydrogen (secondary N) is 1. The van der Waals surface area contributed by atoms with Crippen LogP contribution in [0.5, 0.6) is 0 Å². The zero-order valence-electron chi connectivity index (χ0n) is 7.99. The molecule has 0 atom stereocenters. The van der Waals surface area contributed by atoms with Gasteiger partial charge in [0.2, 0.25) is 5.91 Å². The zero-order valence-corrected chi connectivity index (χ0v) is 10.9. The third-order valence-electron chi connectivity index (χ3n) is 0.803. The Labute approximate surface area is 115 Å². The standard InChI is InChI=1S/C5H9NO4S.K.H/c1-4(2)5(7)6-3-11(8,9)10;;/h1,3H2,2H3,(H,6,7)(H,8,9,10);;/q;+1;-1. The summed E-state index contributed by atoms with van der Waals surface area (Å²) in [5.41, 5.74) is 0.189. The van der Waals surface area contributed by atoms with Crippen molar-refractivity contribution in [3.05, 3.63) is 12.2 Å². The van der Waals surface area contributed by atoms with Gasteiger partial charge in [-0.3, -0.25) is 9.35 Å². The van der Waals surface area contributed by atoms with E-state index in [9.17, 15) is 13.2 Å². The fraction of sp³-hybridized carbons (Fsp3) is 0.400. The van der Waals surface area contributed by atoms with Crippen LogP contribution >= 0.6 is 0 Å². The Hall–Kier alpha value is 0.756. The van der Waals surface area contributed by atoms with Crippen LogP contribution in [0.15, 0.2) is 12.2 Å². The van der Waals surface area contributed by atoms with Gasteiger partial charge >= 0.3 is 51.4 Å². The van der Waals surface area contributed by atoms with Gasteiger partial charge in [-0.25, -0.2) is 0 Å². The average molecular weight is 219 g/mol. The molecule has 0 fully saturated rings. The van der Waals surface area contributed by atoms with Gasteiger partial charge in [0.25, 0.3) is 10.1 Å². The minimum atomic E-state index is -4.13. The second-order valence-electron chi connectivity index (χ2n) is 2.01. The summed E-state index contributed by atoms with van der Waals surface area (Å²) >= 11 is 0. The van der Waals surface area contributed by atoms with E-state index < -0.39 is 21.9 Å². The van der Waals surface area contributed by atoms with Crippen molar-refractivity contribution in [1.82, 2.24) is 5.32 Å². The topological polar surface area (TPSA) is 83.5 Å². The predicted octanol–water partition coefficient (Wildman–Crippen LogP) is -3.36. The van der Waals surface area contributed by atoms with Gasteiger partial charge in [0, 0.05) is 5.57 Å². The largest absolute Gasteiger partial charge is 1.00 e. The summed E-state index contributed by atoms with van der Waals surface area (Å²) in [7, 11) is -4.13. The van der Waals surface area contributed by atoms with E-state index in [4.69, 9.17) is 4.55 Å². The summed E-state index contributed by atoms with van der Waals surface area (Å²) < 4.78 is 28.3. The SMILES string of the molecule is C=C(C)C(=O)NCS(=O)(=O)O.[H-].[K+]. The van der Waals surface area contributed by atoms with Crippen molar-refractivity contribution in [2.45, 2.75) is 6.92 Å². The van der Waals surface area contributed by atoms with E-state index in [1.165, 1.54) is 6.92 Å². The summed E-state index contributed by atoms with van der Waals surface area (Å²) in [6.07, 6.45) is 0. The fourth-order valence-electron chi connectivity index (χ4n) is 0.308. The van der Waals surface area contributed by atoms with E-state index in [-0.39, 0.29) is 58.4 Å². The summed E-state index contributed by atoms with van der Waals surface area (Å²) in [6, 6.07) is 0. The van der Waals surface area contributed by atoms with Crippen molar-refractivity contribution in [2.75, 3.05) is 5.88 Å². The summed E-state index contributed by atoms with van der Waals surface area (Å²) in [5, 5.41) is 1.95. The second kappa shape index (κ2) is 6.25. The van der Waals surface area contributed by atoms with Crippen LogP contribution in [-0.2, 0) is 14.9 Å². The Kier molecular flexibility index (Phi) is 7.93. The Bertz CT molecular complexity index is 276. The quantitative estimate of drug-likeness (QED) is 0.295. The summed E-state index contributed by atoms with van der Waals surface area (Å²) in [6.45, 7) is 4.70. The molecule has 2 N–H and O–H groups in total. The number of carbonyl (C=O) groups excluding carboxylic acids is 1. The first-order chi connectivity index (χ1) is 4.83. The Morgan fingerprint density at radius 2 is 2.08 bits per heavy atom. The molecule has 0 aliphatic carbocycles. The van der Waals surface area contributed by atoms with E-state index in [1.807, 2.05) is 5.32 Å². The molecule has 0 rings (SSSR count). The third-order valence-corrected chi connectivity index (χ3v) is 1.31. The van der Waals surface area contributed by atoms with Crippen LogP contribution < -0.4 is 56.7 Å². The molecule has 0 unspecified atom stereocenters. The van der Waals surface area contributed by atoms with Gasteiger partial charge in [-0.2, -0.15) is 8.42 Å². The monoisotopic (exact) mass is 219 g/mol. The molecule has 0 radical (unpaired) electrons. The fourth-order valence-corrected chi connectivity index (χ4v) is 0.621. The van der Waals surface area contributed by atoms with E-state index in [0.29, 0.717) is 0 Å². The van der Waals surface area contributed by atoms with Crippen molar-refractivity contribution in [3.63, 3.8) is 0 Å². The van der Waals surface area contributed by atoms with Gasteiger partial charge < -0.3 is 6.74 Å². The van der Waals surface area contributed by atoms with Gasteiger partial charge in [0.1, 0.15) is 5.88 Å². The van der Waals surface area contributed by atoms with Gasteiger partial charge in [-0.15, -0.1) is 0 Å². The van der Waals surface area contributed by atoms with Crippen molar-refractivity contribution in [2.24, 2.45) is 0 Å². The molecular formula is C5H10KNO4S.